The van der Waals surface area contributed by atoms with Crippen LogP contribution in [0, 0.1) is 0 Å². The maximum atomic E-state index is 5.45. The molecule has 0 N–H and O–H groups in total. The van der Waals surface area contributed by atoms with E-state index in [1.54, 1.807) is 0 Å². The van der Waals surface area contributed by atoms with Crippen LogP contribution in [-0.4, -0.2) is 12.3 Å². The Kier molecular flexibility index (Phi) is 5.13. The summed E-state index contributed by atoms with van der Waals surface area (Å²) < 4.78 is 0. The predicted molar refractivity (Wildman–Crippen MR) is 43.9 cm³/mol. The second-order valence-electron chi connectivity index (χ2n) is 1.12. The van der Waals surface area contributed by atoms with Crippen LogP contribution in [0.4, 0.5) is 0 Å². The molecule has 6 heavy (non-hydrogen) atoms. The van der Waals surface area contributed by atoms with E-state index in [9.17, 15) is 0 Å². The summed E-state index contributed by atoms with van der Waals surface area (Å²) in [5.41, 5.74) is 0. The van der Waals surface area contributed by atoms with Gasteiger partial charge in [0.25, 0.3) is 0 Å². The Balaban J connectivity index is 2.91. The van der Waals surface area contributed by atoms with Crippen LogP contribution in [0.2, 0.25) is 0 Å². The molecule has 0 saturated carbocycles. The standard InChI is InChI=1S/C3H8BIS/c1-2-3-6(4)5/h6H,2-3H2,1H3. The van der Waals surface area contributed by atoms with E-state index >= 15 is 0 Å². The molecule has 0 saturated heterocycles. The first-order valence-electron chi connectivity index (χ1n) is 1.95. The molecule has 0 aliphatic rings. The van der Waals surface area contributed by atoms with Gasteiger partial charge in [-0.1, -0.05) is 0 Å². The van der Waals surface area contributed by atoms with Crippen LogP contribution in [-0.2, 0) is 0 Å². The molecule has 0 rings (SSSR count). The molecule has 0 radical (unpaired) electrons. The zero-order chi connectivity index (χ0) is 4.99. The average Bonchev–Trinajstić information content (AvgIpc) is 1.35. The van der Waals surface area contributed by atoms with Gasteiger partial charge in [0.1, 0.15) is 0 Å². The van der Waals surface area contributed by atoms with Gasteiger partial charge in [-0.25, -0.2) is 0 Å². The van der Waals surface area contributed by atoms with Crippen molar-refractivity contribution in [3.8, 4) is 0 Å². The molecule has 0 fully saturated rings. The number of rotatable bonds is 1. The van der Waals surface area contributed by atoms with Gasteiger partial charge in [-0.15, -0.1) is 0 Å². The van der Waals surface area contributed by atoms with Gasteiger partial charge in [0.2, 0.25) is 0 Å². The van der Waals surface area contributed by atoms with E-state index in [1.165, 1.54) is 12.2 Å². The van der Waals surface area contributed by atoms with Gasteiger partial charge >= 0.3 is 54.1 Å². The molecule has 0 heterocycles. The van der Waals surface area contributed by atoms with Crippen molar-refractivity contribution in [1.82, 2.24) is 0 Å². The zero-order valence-corrected chi connectivity index (χ0v) is 6.87. The van der Waals surface area contributed by atoms with Crippen molar-refractivity contribution in [2.24, 2.45) is 0 Å². The zero-order valence-electron chi connectivity index (χ0n) is 3.82. The Bertz CT molecular complexity index is 82.5. The van der Waals surface area contributed by atoms with Crippen LogP contribution in [0.5, 0.6) is 0 Å². The Morgan fingerprint density at radius 2 is 2.33 bits per heavy atom. The molecule has 0 aromatic heterocycles. The molecule has 1 unspecified atom stereocenters. The van der Waals surface area contributed by atoms with Gasteiger partial charge in [0.05, 0.1) is 0 Å². The van der Waals surface area contributed by atoms with Crippen molar-refractivity contribution in [2.75, 3.05) is 5.75 Å². The Morgan fingerprint density at radius 1 is 1.83 bits per heavy atom. The maximum absolute atomic E-state index is 5.45. The molecular formula is C3H8BIS. The van der Waals surface area contributed by atoms with Gasteiger partial charge in [0, 0.05) is 0 Å². The quantitative estimate of drug-likeness (QED) is 0.384. The van der Waals surface area contributed by atoms with Gasteiger partial charge in [-0.05, 0) is 0 Å². The summed E-state index contributed by atoms with van der Waals surface area (Å²) >= 11 is 2.29. The molecule has 0 spiro atoms. The minimum atomic E-state index is -0.131. The Labute approximate surface area is 54.1 Å². The molecule has 3 heteroatoms. The number of hydrogen-bond donors (Lipinski definition) is 1. The van der Waals surface area contributed by atoms with E-state index < -0.39 is 0 Å². The molecule has 0 aliphatic carbocycles. The van der Waals surface area contributed by atoms with Crippen molar-refractivity contribution in [2.45, 2.75) is 13.3 Å². The van der Waals surface area contributed by atoms with Gasteiger partial charge in [-0.2, -0.15) is 0 Å². The van der Waals surface area contributed by atoms with Crippen molar-refractivity contribution >= 4 is 35.0 Å². The molecule has 0 aromatic carbocycles. The van der Waals surface area contributed by atoms with Crippen LogP contribution >= 0.6 is 28.5 Å². The summed E-state index contributed by atoms with van der Waals surface area (Å²) in [6, 6.07) is 0. The summed E-state index contributed by atoms with van der Waals surface area (Å²) in [4.78, 5) is 0. The summed E-state index contributed by atoms with van der Waals surface area (Å²) in [7, 11) is -0.131. The van der Waals surface area contributed by atoms with Gasteiger partial charge in [0.15, 0.2) is 0 Å². The first-order chi connectivity index (χ1) is 2.77. The molecule has 36 valence electrons. The third kappa shape index (κ3) is 5.14. The molecule has 0 bridgehead atoms. The number of thiol groups is 1. The van der Waals surface area contributed by atoms with E-state index in [0.29, 0.717) is 0 Å². The summed E-state index contributed by atoms with van der Waals surface area (Å²) in [5, 5.41) is 0. The van der Waals surface area contributed by atoms with Gasteiger partial charge in [-0.3, -0.25) is 0 Å². The van der Waals surface area contributed by atoms with Crippen molar-refractivity contribution in [1.29, 1.82) is 0 Å². The summed E-state index contributed by atoms with van der Waals surface area (Å²) in [5.74, 6) is 1.20. The molecule has 0 aromatic rings. The SMILES string of the molecule is B#[SH](I)CCC. The Morgan fingerprint density at radius 3 is 2.33 bits per heavy atom. The number of hydrogen-bond acceptors (Lipinski definition) is 0. The topological polar surface area (TPSA) is 0 Å². The summed E-state index contributed by atoms with van der Waals surface area (Å²) in [6.07, 6.45) is 1.23. The fourth-order valence-electron chi connectivity index (χ4n) is 0.214. The third-order valence-corrected chi connectivity index (χ3v) is 2.76. The van der Waals surface area contributed by atoms with Crippen molar-refractivity contribution in [3.05, 3.63) is 0 Å². The van der Waals surface area contributed by atoms with Crippen LogP contribution in [0.3, 0.4) is 0 Å². The fraction of sp³-hybridized carbons (Fsp3) is 1.00. The molecule has 1 atom stereocenters. The molecule has 0 amide bonds. The third-order valence-electron chi connectivity index (χ3n) is 0.437. The first kappa shape index (κ1) is 7.14. The molecular weight excluding hydrogens is 206 g/mol. The van der Waals surface area contributed by atoms with E-state index in [-0.39, 0.29) is 7.30 Å². The van der Waals surface area contributed by atoms with E-state index in [2.05, 4.69) is 28.1 Å². The van der Waals surface area contributed by atoms with E-state index in [4.69, 9.17) is 6.53 Å². The number of halogens is 1. The average molecular weight is 214 g/mol. The van der Waals surface area contributed by atoms with Crippen LogP contribution in [0.25, 0.3) is 0 Å². The van der Waals surface area contributed by atoms with Crippen LogP contribution in [0.1, 0.15) is 13.3 Å². The monoisotopic (exact) mass is 214 g/mol. The first-order valence-corrected chi connectivity index (χ1v) is 6.33. The molecule has 0 nitrogen and oxygen atoms in total. The minimum absolute atomic E-state index is 0.131. The Hall–Kier alpha value is 1.14. The predicted octanol–water partition coefficient (Wildman–Crippen LogP) is 1.83. The normalized spacial score (nSPS) is 14.7. The second-order valence-corrected chi connectivity index (χ2v) is 6.09. The van der Waals surface area contributed by atoms with Crippen LogP contribution < -0.4 is 0 Å². The molecule has 0 aliphatic heterocycles. The van der Waals surface area contributed by atoms with Crippen molar-refractivity contribution < 1.29 is 0 Å². The van der Waals surface area contributed by atoms with Gasteiger partial charge < -0.3 is 0 Å². The second kappa shape index (κ2) is 4.31. The van der Waals surface area contributed by atoms with E-state index in [1.807, 2.05) is 0 Å². The fourth-order valence-corrected chi connectivity index (χ4v) is 2.09. The van der Waals surface area contributed by atoms with Crippen molar-refractivity contribution in [3.63, 3.8) is 0 Å². The van der Waals surface area contributed by atoms with Crippen LogP contribution in [0.15, 0.2) is 0 Å². The summed E-state index contributed by atoms with van der Waals surface area (Å²) in [6.45, 7) is 7.61. The van der Waals surface area contributed by atoms with E-state index in [0.717, 1.165) is 0 Å².